The summed E-state index contributed by atoms with van der Waals surface area (Å²) in [7, 11) is 0. The van der Waals surface area contributed by atoms with Gasteiger partial charge in [0.1, 0.15) is 0 Å². The molecule has 2 N–H and O–H groups in total. The first-order valence-electron chi connectivity index (χ1n) is 5.91. The largest absolute Gasteiger partial charge is 0.474 e. The molecule has 2 fully saturated rings. The Hall–Kier alpha value is -1.10. The van der Waals surface area contributed by atoms with Gasteiger partial charge in [0.15, 0.2) is 0 Å². The van der Waals surface area contributed by atoms with Gasteiger partial charge in [-0.05, 0) is 31.6 Å². The van der Waals surface area contributed by atoms with Gasteiger partial charge in [-0.3, -0.25) is 4.79 Å². The van der Waals surface area contributed by atoms with Gasteiger partial charge in [0, 0.05) is 25.7 Å². The smallest absolute Gasteiger partial charge is 0.394 e. The predicted octanol–water partition coefficient (Wildman–Crippen LogP) is 0.0616. The minimum atomic E-state index is -1.39. The lowest BCUT2D eigenvalue weighted by molar-refractivity contribution is -0.150. The highest BCUT2D eigenvalue weighted by molar-refractivity contribution is 6.31. The third-order valence-corrected chi connectivity index (χ3v) is 3.33. The van der Waals surface area contributed by atoms with Crippen molar-refractivity contribution >= 4 is 11.9 Å². The Bertz CT molecular complexity index is 281. The second kappa shape index (κ2) is 4.82. The van der Waals surface area contributed by atoms with E-state index in [2.05, 4.69) is 10.2 Å². The number of nitrogens with one attached hydrogen (secondary N) is 1. The molecule has 2 rings (SSSR count). The lowest BCUT2D eigenvalue weighted by Crippen LogP contribution is -2.46. The van der Waals surface area contributed by atoms with Gasteiger partial charge < -0.3 is 15.3 Å². The van der Waals surface area contributed by atoms with Gasteiger partial charge in [-0.25, -0.2) is 4.79 Å². The molecule has 0 unspecified atom stereocenters. The normalized spacial score (nSPS) is 23.0. The number of carbonyl (C=O) groups excluding carboxylic acids is 1. The second-order valence-corrected chi connectivity index (χ2v) is 4.80. The standard InChI is InChI=1S/C11H18N2O3/c14-10(11(15)16)12-9-3-5-13(6-4-9)7-8-1-2-8/h8-9H,1-7H2,(H,12,14)(H,15,16). The molecule has 0 radical (unpaired) electrons. The van der Waals surface area contributed by atoms with Crippen LogP contribution in [0.1, 0.15) is 25.7 Å². The van der Waals surface area contributed by atoms with Crippen LogP contribution in [0.15, 0.2) is 0 Å². The van der Waals surface area contributed by atoms with Crippen LogP contribution < -0.4 is 5.32 Å². The van der Waals surface area contributed by atoms with E-state index in [9.17, 15) is 9.59 Å². The minimum absolute atomic E-state index is 0.0408. The number of likely N-dealkylation sites (tertiary alicyclic amines) is 1. The molecule has 0 bridgehead atoms. The van der Waals surface area contributed by atoms with Crippen molar-refractivity contribution in [2.24, 2.45) is 5.92 Å². The molecule has 2 aliphatic rings. The second-order valence-electron chi connectivity index (χ2n) is 4.80. The van der Waals surface area contributed by atoms with Gasteiger partial charge in [0.2, 0.25) is 0 Å². The Morgan fingerprint density at radius 3 is 2.31 bits per heavy atom. The minimum Gasteiger partial charge on any atom is -0.474 e. The molecule has 0 aromatic carbocycles. The zero-order chi connectivity index (χ0) is 11.5. The average Bonchev–Trinajstić information content (AvgIpc) is 3.04. The van der Waals surface area contributed by atoms with E-state index in [1.54, 1.807) is 0 Å². The Morgan fingerprint density at radius 1 is 1.19 bits per heavy atom. The van der Waals surface area contributed by atoms with E-state index in [4.69, 9.17) is 5.11 Å². The van der Waals surface area contributed by atoms with Crippen molar-refractivity contribution in [3.8, 4) is 0 Å². The Kier molecular flexibility index (Phi) is 3.43. The van der Waals surface area contributed by atoms with Crippen LogP contribution in [-0.4, -0.2) is 47.6 Å². The molecule has 5 heteroatoms. The highest BCUT2D eigenvalue weighted by atomic mass is 16.4. The molecule has 1 amide bonds. The van der Waals surface area contributed by atoms with Crippen molar-refractivity contribution in [1.82, 2.24) is 10.2 Å². The molecule has 5 nitrogen and oxygen atoms in total. The predicted molar refractivity (Wildman–Crippen MR) is 58.0 cm³/mol. The zero-order valence-corrected chi connectivity index (χ0v) is 9.32. The number of rotatable bonds is 3. The van der Waals surface area contributed by atoms with Crippen molar-refractivity contribution in [3.05, 3.63) is 0 Å². The maximum atomic E-state index is 11.0. The number of amides is 1. The van der Waals surface area contributed by atoms with Gasteiger partial charge in [0.05, 0.1) is 0 Å². The number of carbonyl (C=O) groups is 2. The van der Waals surface area contributed by atoms with Gasteiger partial charge in [-0.15, -0.1) is 0 Å². The molecule has 1 saturated heterocycles. The molecule has 0 aromatic rings. The maximum absolute atomic E-state index is 11.0. The first-order valence-corrected chi connectivity index (χ1v) is 5.91. The van der Waals surface area contributed by atoms with Crippen molar-refractivity contribution in [3.63, 3.8) is 0 Å². The summed E-state index contributed by atoms with van der Waals surface area (Å²) in [5.74, 6) is -1.37. The summed E-state index contributed by atoms with van der Waals surface area (Å²) < 4.78 is 0. The monoisotopic (exact) mass is 226 g/mol. The van der Waals surface area contributed by atoms with Crippen LogP contribution >= 0.6 is 0 Å². The third kappa shape index (κ3) is 3.20. The number of aliphatic carboxylic acids is 1. The van der Waals surface area contributed by atoms with E-state index in [1.807, 2.05) is 0 Å². The van der Waals surface area contributed by atoms with Gasteiger partial charge in [-0.1, -0.05) is 0 Å². The van der Waals surface area contributed by atoms with Crippen LogP contribution in [0.2, 0.25) is 0 Å². The van der Waals surface area contributed by atoms with Crippen molar-refractivity contribution < 1.29 is 14.7 Å². The molecule has 0 atom stereocenters. The summed E-state index contributed by atoms with van der Waals surface area (Å²) in [6, 6.07) is 0.0408. The van der Waals surface area contributed by atoms with E-state index in [0.29, 0.717) is 0 Å². The van der Waals surface area contributed by atoms with E-state index < -0.39 is 11.9 Å². The first kappa shape index (κ1) is 11.4. The molecule has 16 heavy (non-hydrogen) atoms. The average molecular weight is 226 g/mol. The van der Waals surface area contributed by atoms with Crippen LogP contribution in [0.3, 0.4) is 0 Å². The Labute approximate surface area is 94.8 Å². The summed E-state index contributed by atoms with van der Waals surface area (Å²) in [5.41, 5.74) is 0. The number of piperidine rings is 1. The fourth-order valence-electron chi connectivity index (χ4n) is 2.17. The number of hydrogen-bond acceptors (Lipinski definition) is 3. The van der Waals surface area contributed by atoms with Gasteiger partial charge in [0.25, 0.3) is 0 Å². The third-order valence-electron chi connectivity index (χ3n) is 3.33. The van der Waals surface area contributed by atoms with E-state index in [0.717, 1.165) is 31.8 Å². The van der Waals surface area contributed by atoms with Crippen molar-refractivity contribution in [2.75, 3.05) is 19.6 Å². The van der Waals surface area contributed by atoms with Crippen molar-refractivity contribution in [1.29, 1.82) is 0 Å². The number of nitrogens with zero attached hydrogens (tertiary/aromatic N) is 1. The topological polar surface area (TPSA) is 69.6 Å². The summed E-state index contributed by atoms with van der Waals surface area (Å²) >= 11 is 0. The van der Waals surface area contributed by atoms with Crippen LogP contribution in [0.25, 0.3) is 0 Å². The molecule has 1 aliphatic carbocycles. The summed E-state index contributed by atoms with van der Waals surface area (Å²) in [5, 5.41) is 11.0. The maximum Gasteiger partial charge on any atom is 0.394 e. The quantitative estimate of drug-likeness (QED) is 0.668. The molecule has 90 valence electrons. The highest BCUT2D eigenvalue weighted by Crippen LogP contribution is 2.30. The highest BCUT2D eigenvalue weighted by Gasteiger charge is 2.28. The Balaban J connectivity index is 1.67. The fourth-order valence-corrected chi connectivity index (χ4v) is 2.17. The van der Waals surface area contributed by atoms with E-state index >= 15 is 0 Å². The van der Waals surface area contributed by atoms with Crippen LogP contribution in [0.5, 0.6) is 0 Å². The molecule has 0 spiro atoms. The summed E-state index contributed by atoms with van der Waals surface area (Å²) in [4.78, 5) is 23.7. The number of carboxylic acid groups (broad SMARTS) is 1. The van der Waals surface area contributed by atoms with Crippen LogP contribution in [-0.2, 0) is 9.59 Å². The Morgan fingerprint density at radius 2 is 1.81 bits per heavy atom. The lowest BCUT2D eigenvalue weighted by Gasteiger charge is -2.31. The first-order chi connectivity index (χ1) is 7.65. The molecule has 0 aromatic heterocycles. The SMILES string of the molecule is O=C(O)C(=O)NC1CCN(CC2CC2)CC1. The zero-order valence-electron chi connectivity index (χ0n) is 9.32. The van der Waals surface area contributed by atoms with Crippen LogP contribution in [0.4, 0.5) is 0 Å². The summed E-state index contributed by atoms with van der Waals surface area (Å²) in [6.07, 6.45) is 4.45. The number of hydrogen-bond donors (Lipinski definition) is 2. The van der Waals surface area contributed by atoms with Crippen molar-refractivity contribution in [2.45, 2.75) is 31.7 Å². The molecular formula is C11H18N2O3. The molecular weight excluding hydrogens is 208 g/mol. The van der Waals surface area contributed by atoms with E-state index in [-0.39, 0.29) is 6.04 Å². The van der Waals surface area contributed by atoms with E-state index in [1.165, 1.54) is 19.4 Å². The molecule has 1 aliphatic heterocycles. The van der Waals surface area contributed by atoms with Crippen LogP contribution in [0, 0.1) is 5.92 Å². The van der Waals surface area contributed by atoms with Gasteiger partial charge in [-0.2, -0.15) is 0 Å². The summed E-state index contributed by atoms with van der Waals surface area (Å²) in [6.45, 7) is 3.13. The lowest BCUT2D eigenvalue weighted by atomic mass is 10.0. The molecule has 1 heterocycles. The number of carboxylic acids is 1. The fraction of sp³-hybridized carbons (Fsp3) is 0.818. The van der Waals surface area contributed by atoms with Gasteiger partial charge >= 0.3 is 11.9 Å². The molecule has 1 saturated carbocycles.